The van der Waals surface area contributed by atoms with Crippen molar-refractivity contribution in [2.45, 2.75) is 193 Å². The Morgan fingerprint density at radius 3 is 1.42 bits per heavy atom. The number of allylic oxidation sites excluding steroid dienone is 10. The fraction of sp³-hybridized carbons (Fsp3) is 0.750. The molecule has 0 amide bonds. The van der Waals surface area contributed by atoms with Gasteiger partial charge < -0.3 is 14.6 Å². The molecule has 0 aliphatic rings. The van der Waals surface area contributed by atoms with E-state index in [0.29, 0.717) is 19.6 Å². The Balaban J connectivity index is 3.47. The number of carbonyl (C=O) groups excluding carboxylic acids is 1. The highest BCUT2D eigenvalue weighted by molar-refractivity contribution is 5.69. The number of rotatable bonds is 37. The predicted molar refractivity (Wildman–Crippen MR) is 209 cm³/mol. The number of aliphatic hydroxyl groups is 1. The third-order valence-corrected chi connectivity index (χ3v) is 8.61. The van der Waals surface area contributed by atoms with Crippen molar-refractivity contribution in [2.24, 2.45) is 0 Å². The molecule has 0 aromatic carbocycles. The van der Waals surface area contributed by atoms with E-state index in [2.05, 4.69) is 74.6 Å². The Morgan fingerprint density at radius 2 is 0.938 bits per heavy atom. The summed E-state index contributed by atoms with van der Waals surface area (Å²) in [5.41, 5.74) is 0. The summed E-state index contributed by atoms with van der Waals surface area (Å²) in [4.78, 5) is 12.1. The molecule has 0 rings (SSSR count). The van der Waals surface area contributed by atoms with E-state index in [-0.39, 0.29) is 12.6 Å². The van der Waals surface area contributed by atoms with E-state index in [1.165, 1.54) is 116 Å². The Morgan fingerprint density at radius 1 is 0.521 bits per heavy atom. The molecular formula is C44H78O4. The van der Waals surface area contributed by atoms with Gasteiger partial charge in [-0.25, -0.2) is 0 Å². The minimum Gasteiger partial charge on any atom is -0.457 e. The Labute approximate surface area is 298 Å². The van der Waals surface area contributed by atoms with Crippen LogP contribution in [0.3, 0.4) is 0 Å². The molecule has 0 aliphatic carbocycles. The molecule has 0 saturated heterocycles. The fourth-order valence-electron chi connectivity index (χ4n) is 5.59. The Bertz CT molecular complexity index is 794. The molecule has 48 heavy (non-hydrogen) atoms. The van der Waals surface area contributed by atoms with Gasteiger partial charge in [0.05, 0.1) is 13.2 Å². The van der Waals surface area contributed by atoms with Crippen molar-refractivity contribution in [2.75, 3.05) is 19.8 Å². The molecule has 0 aromatic heterocycles. The first-order chi connectivity index (χ1) is 23.7. The molecule has 0 aliphatic heterocycles. The lowest BCUT2D eigenvalue weighted by Gasteiger charge is -2.16. The highest BCUT2D eigenvalue weighted by atomic mass is 16.6. The average Bonchev–Trinajstić information content (AvgIpc) is 3.09. The molecule has 1 atom stereocenters. The molecule has 0 radical (unpaired) electrons. The van der Waals surface area contributed by atoms with Crippen LogP contribution in [-0.4, -0.2) is 37.0 Å². The van der Waals surface area contributed by atoms with Crippen LogP contribution in [0.15, 0.2) is 60.8 Å². The van der Waals surface area contributed by atoms with Crippen molar-refractivity contribution in [3.8, 4) is 0 Å². The van der Waals surface area contributed by atoms with E-state index in [4.69, 9.17) is 9.47 Å². The highest BCUT2D eigenvalue weighted by Crippen LogP contribution is 2.13. The lowest BCUT2D eigenvalue weighted by molar-refractivity contribution is -0.154. The SMILES string of the molecule is CC/C=C\C/C=C\C/C=C\C/C=C\C/C=C\CCCCCCCCCCOCC(CO)OC(=O)CCCCCCCCCCCCCC. The monoisotopic (exact) mass is 671 g/mol. The van der Waals surface area contributed by atoms with Gasteiger partial charge in [-0.1, -0.05) is 184 Å². The third kappa shape index (κ3) is 38.5. The maximum absolute atomic E-state index is 12.1. The zero-order valence-electron chi connectivity index (χ0n) is 31.7. The summed E-state index contributed by atoms with van der Waals surface area (Å²) in [7, 11) is 0. The van der Waals surface area contributed by atoms with Gasteiger partial charge in [0, 0.05) is 13.0 Å². The second kappa shape index (κ2) is 41.3. The summed E-state index contributed by atoms with van der Waals surface area (Å²) >= 11 is 0. The molecule has 0 saturated carbocycles. The van der Waals surface area contributed by atoms with E-state index >= 15 is 0 Å². The van der Waals surface area contributed by atoms with Gasteiger partial charge in [0.1, 0.15) is 6.10 Å². The number of aliphatic hydroxyl groups excluding tert-OH is 1. The molecular weight excluding hydrogens is 592 g/mol. The van der Waals surface area contributed by atoms with Gasteiger partial charge in [0.2, 0.25) is 0 Å². The van der Waals surface area contributed by atoms with Crippen LogP contribution in [0.4, 0.5) is 0 Å². The Kier molecular flexibility index (Phi) is 39.6. The topological polar surface area (TPSA) is 55.8 Å². The van der Waals surface area contributed by atoms with Crippen molar-refractivity contribution in [3.05, 3.63) is 60.8 Å². The number of hydrogen-bond acceptors (Lipinski definition) is 4. The van der Waals surface area contributed by atoms with Crippen molar-refractivity contribution in [1.82, 2.24) is 0 Å². The predicted octanol–water partition coefficient (Wildman–Crippen LogP) is 13.3. The molecule has 1 N–H and O–H groups in total. The number of esters is 1. The quantitative estimate of drug-likeness (QED) is 0.0406. The van der Waals surface area contributed by atoms with Gasteiger partial charge in [-0.05, 0) is 57.8 Å². The largest absolute Gasteiger partial charge is 0.457 e. The number of ether oxygens (including phenoxy) is 2. The van der Waals surface area contributed by atoms with Gasteiger partial charge >= 0.3 is 5.97 Å². The highest BCUT2D eigenvalue weighted by Gasteiger charge is 2.13. The van der Waals surface area contributed by atoms with Crippen molar-refractivity contribution in [3.63, 3.8) is 0 Å². The van der Waals surface area contributed by atoms with Crippen molar-refractivity contribution >= 4 is 5.97 Å². The van der Waals surface area contributed by atoms with E-state index < -0.39 is 6.10 Å². The standard InChI is InChI=1S/C44H78O4/c1-3-5-7-9-11-13-15-17-18-19-20-21-22-23-24-25-26-27-28-30-32-34-36-38-40-47-42-43(41-45)48-44(46)39-37-35-33-31-29-16-14-12-10-8-6-4-2/h5,7,11,13,17-18,20-21,23-24,43,45H,3-4,6,8-10,12,14-16,19,22,25-42H2,1-2H3/b7-5-,13-11-,18-17-,21-20-,24-23-. The smallest absolute Gasteiger partial charge is 0.306 e. The van der Waals surface area contributed by atoms with E-state index in [1.54, 1.807) is 0 Å². The fourth-order valence-corrected chi connectivity index (χ4v) is 5.59. The average molecular weight is 671 g/mol. The van der Waals surface area contributed by atoms with Crippen LogP contribution < -0.4 is 0 Å². The summed E-state index contributed by atoms with van der Waals surface area (Å²) < 4.78 is 11.1. The van der Waals surface area contributed by atoms with Gasteiger partial charge in [-0.2, -0.15) is 0 Å². The molecule has 278 valence electrons. The van der Waals surface area contributed by atoms with Gasteiger partial charge in [0.15, 0.2) is 0 Å². The summed E-state index contributed by atoms with van der Waals surface area (Å²) in [5.74, 6) is -0.206. The first kappa shape index (κ1) is 46.1. The van der Waals surface area contributed by atoms with Gasteiger partial charge in [-0.3, -0.25) is 4.79 Å². The summed E-state index contributed by atoms with van der Waals surface area (Å²) in [6.45, 7) is 5.21. The number of hydrogen-bond donors (Lipinski definition) is 1. The molecule has 0 spiro atoms. The van der Waals surface area contributed by atoms with Crippen LogP contribution in [0.5, 0.6) is 0 Å². The van der Waals surface area contributed by atoms with Crippen LogP contribution in [0.1, 0.15) is 187 Å². The van der Waals surface area contributed by atoms with Crippen molar-refractivity contribution in [1.29, 1.82) is 0 Å². The third-order valence-electron chi connectivity index (χ3n) is 8.61. The van der Waals surface area contributed by atoms with Crippen LogP contribution in [0.2, 0.25) is 0 Å². The minimum absolute atomic E-state index is 0.175. The minimum atomic E-state index is -0.538. The Hall–Kier alpha value is -1.91. The van der Waals surface area contributed by atoms with Gasteiger partial charge in [0.25, 0.3) is 0 Å². The van der Waals surface area contributed by atoms with E-state index in [1.807, 2.05) is 0 Å². The maximum atomic E-state index is 12.1. The lowest BCUT2D eigenvalue weighted by atomic mass is 10.0. The molecule has 0 heterocycles. The van der Waals surface area contributed by atoms with E-state index in [0.717, 1.165) is 51.4 Å². The molecule has 1 unspecified atom stereocenters. The van der Waals surface area contributed by atoms with Crippen LogP contribution >= 0.6 is 0 Å². The number of carbonyl (C=O) groups is 1. The zero-order chi connectivity index (χ0) is 34.9. The van der Waals surface area contributed by atoms with Crippen molar-refractivity contribution < 1.29 is 19.4 Å². The van der Waals surface area contributed by atoms with Gasteiger partial charge in [-0.15, -0.1) is 0 Å². The molecule has 0 bridgehead atoms. The van der Waals surface area contributed by atoms with Crippen LogP contribution in [-0.2, 0) is 14.3 Å². The first-order valence-corrected chi connectivity index (χ1v) is 20.4. The molecule has 0 aromatic rings. The van der Waals surface area contributed by atoms with Crippen LogP contribution in [0.25, 0.3) is 0 Å². The maximum Gasteiger partial charge on any atom is 0.306 e. The molecule has 4 nitrogen and oxygen atoms in total. The molecule has 4 heteroatoms. The summed E-state index contributed by atoms with van der Waals surface area (Å²) in [6, 6.07) is 0. The first-order valence-electron chi connectivity index (χ1n) is 20.4. The lowest BCUT2D eigenvalue weighted by Crippen LogP contribution is -2.27. The van der Waals surface area contributed by atoms with E-state index in [9.17, 15) is 9.90 Å². The second-order valence-corrected chi connectivity index (χ2v) is 13.3. The zero-order valence-corrected chi connectivity index (χ0v) is 31.7. The normalized spacial score (nSPS) is 13.0. The number of unbranched alkanes of at least 4 members (excludes halogenated alkanes) is 19. The summed E-state index contributed by atoms with van der Waals surface area (Å²) in [5, 5.41) is 9.57. The second-order valence-electron chi connectivity index (χ2n) is 13.3. The summed E-state index contributed by atoms with van der Waals surface area (Å²) in [6.07, 6.45) is 54.1. The van der Waals surface area contributed by atoms with Crippen LogP contribution in [0, 0.1) is 0 Å². The molecule has 0 fully saturated rings.